The highest BCUT2D eigenvalue weighted by Crippen LogP contribution is 2.34. The predicted octanol–water partition coefficient (Wildman–Crippen LogP) is 2.80. The van der Waals surface area contributed by atoms with Crippen LogP contribution in [0.4, 0.5) is 5.69 Å². The highest BCUT2D eigenvalue weighted by atomic mass is 35.5. The van der Waals surface area contributed by atoms with Crippen LogP contribution in [0.15, 0.2) is 18.2 Å². The van der Waals surface area contributed by atoms with Crippen molar-refractivity contribution in [1.29, 1.82) is 0 Å². The summed E-state index contributed by atoms with van der Waals surface area (Å²) in [6, 6.07) is 6.84. The highest BCUT2D eigenvalue weighted by molar-refractivity contribution is 6.33. The number of hydrogen-bond donors (Lipinski definition) is 2. The largest absolute Gasteiger partial charge is 0.393 e. The summed E-state index contributed by atoms with van der Waals surface area (Å²) in [6.45, 7) is 1.86. The number of halogens is 1. The van der Waals surface area contributed by atoms with Crippen molar-refractivity contribution >= 4 is 17.3 Å². The van der Waals surface area contributed by atoms with Gasteiger partial charge in [-0.2, -0.15) is 0 Å². The van der Waals surface area contributed by atoms with Gasteiger partial charge in [0, 0.05) is 26.2 Å². The summed E-state index contributed by atoms with van der Waals surface area (Å²) in [4.78, 5) is 2.25. The van der Waals surface area contributed by atoms with Gasteiger partial charge in [-0.15, -0.1) is 0 Å². The van der Waals surface area contributed by atoms with Gasteiger partial charge in [-0.25, -0.2) is 0 Å². The number of nitrogens with zero attached hydrogens (tertiary/aromatic N) is 1. The summed E-state index contributed by atoms with van der Waals surface area (Å²) in [5, 5.41) is 13.8. The van der Waals surface area contributed by atoms with Crippen LogP contribution >= 0.6 is 11.6 Å². The molecule has 0 spiro atoms. The third-order valence-corrected chi connectivity index (χ3v) is 4.66. The monoisotopic (exact) mass is 294 g/mol. The zero-order valence-corrected chi connectivity index (χ0v) is 12.7. The zero-order valence-electron chi connectivity index (χ0n) is 12.0. The number of nitrogens with one attached hydrogen (secondary N) is 1. The molecule has 0 aromatic heterocycles. The highest BCUT2D eigenvalue weighted by Gasteiger charge is 2.29. The molecule has 2 N–H and O–H groups in total. The van der Waals surface area contributed by atoms with Crippen molar-refractivity contribution in [1.82, 2.24) is 5.32 Å². The van der Waals surface area contributed by atoms with Crippen LogP contribution in [0.5, 0.6) is 0 Å². The second-order valence-electron chi connectivity index (χ2n) is 6.27. The average Bonchev–Trinajstić information content (AvgIpc) is 3.18. The molecule has 0 aliphatic heterocycles. The molecule has 2 aliphatic rings. The molecule has 110 valence electrons. The van der Waals surface area contributed by atoms with E-state index in [4.69, 9.17) is 11.6 Å². The second-order valence-corrected chi connectivity index (χ2v) is 6.68. The van der Waals surface area contributed by atoms with Crippen LogP contribution in [0, 0.1) is 5.92 Å². The number of rotatable bonds is 6. The summed E-state index contributed by atoms with van der Waals surface area (Å²) in [6.07, 6.45) is 4.35. The number of benzene rings is 1. The van der Waals surface area contributed by atoms with Gasteiger partial charge in [0.1, 0.15) is 0 Å². The van der Waals surface area contributed by atoms with Crippen LogP contribution in [-0.4, -0.2) is 30.8 Å². The average molecular weight is 295 g/mol. The maximum atomic E-state index is 9.41. The maximum Gasteiger partial charge on any atom is 0.0642 e. The Bertz CT molecular complexity index is 470. The van der Waals surface area contributed by atoms with Gasteiger partial charge >= 0.3 is 0 Å². The molecular weight excluding hydrogens is 272 g/mol. The number of aliphatic hydroxyl groups excluding tert-OH is 1. The van der Waals surface area contributed by atoms with Crippen LogP contribution < -0.4 is 10.2 Å². The first-order valence-corrected chi connectivity index (χ1v) is 7.91. The van der Waals surface area contributed by atoms with Gasteiger partial charge in [-0.3, -0.25) is 0 Å². The number of anilines is 1. The maximum absolute atomic E-state index is 9.41. The van der Waals surface area contributed by atoms with Gasteiger partial charge in [0.15, 0.2) is 0 Å². The van der Waals surface area contributed by atoms with Crippen LogP contribution in [0.25, 0.3) is 0 Å². The fourth-order valence-corrected chi connectivity index (χ4v) is 3.34. The Balaban J connectivity index is 1.68. The van der Waals surface area contributed by atoms with Crippen molar-refractivity contribution in [3.05, 3.63) is 28.8 Å². The van der Waals surface area contributed by atoms with Crippen molar-refractivity contribution in [2.24, 2.45) is 5.92 Å². The van der Waals surface area contributed by atoms with Gasteiger partial charge in [-0.1, -0.05) is 23.7 Å². The lowest BCUT2D eigenvalue weighted by Gasteiger charge is -2.36. The lowest BCUT2D eigenvalue weighted by Crippen LogP contribution is -2.37. The Kier molecular flexibility index (Phi) is 4.20. The Morgan fingerprint density at radius 2 is 2.10 bits per heavy atom. The first-order chi connectivity index (χ1) is 9.63. The first kappa shape index (κ1) is 14.2. The molecule has 0 heterocycles. The van der Waals surface area contributed by atoms with Gasteiger partial charge in [0.05, 0.1) is 16.8 Å². The van der Waals surface area contributed by atoms with E-state index in [2.05, 4.69) is 23.3 Å². The van der Waals surface area contributed by atoms with Gasteiger partial charge in [0.25, 0.3) is 0 Å². The lowest BCUT2D eigenvalue weighted by atomic mass is 9.82. The fraction of sp³-hybridized carbons (Fsp3) is 0.625. The minimum absolute atomic E-state index is 0.0874. The van der Waals surface area contributed by atoms with E-state index < -0.39 is 0 Å². The molecule has 20 heavy (non-hydrogen) atoms. The first-order valence-electron chi connectivity index (χ1n) is 7.53. The van der Waals surface area contributed by atoms with E-state index in [0.29, 0.717) is 12.0 Å². The zero-order chi connectivity index (χ0) is 14.1. The summed E-state index contributed by atoms with van der Waals surface area (Å²) >= 11 is 6.41. The van der Waals surface area contributed by atoms with Crippen molar-refractivity contribution < 1.29 is 5.11 Å². The molecule has 4 heteroatoms. The summed E-state index contributed by atoms with van der Waals surface area (Å²) in [7, 11) is 2.10. The molecule has 0 radical (unpaired) electrons. The number of para-hydroxylation sites is 1. The SMILES string of the molecule is CN(CC1CC(O)C1)c1c(Cl)cccc1CNC1CC1. The van der Waals surface area contributed by atoms with Crippen LogP contribution in [-0.2, 0) is 6.54 Å². The van der Waals surface area contributed by atoms with E-state index in [1.54, 1.807) is 0 Å². The molecule has 0 unspecified atom stereocenters. The predicted molar refractivity (Wildman–Crippen MR) is 83.3 cm³/mol. The van der Waals surface area contributed by atoms with Crippen molar-refractivity contribution in [2.45, 2.75) is 44.4 Å². The molecule has 0 amide bonds. The minimum Gasteiger partial charge on any atom is -0.393 e. The van der Waals surface area contributed by atoms with Crippen LogP contribution in [0.1, 0.15) is 31.2 Å². The molecular formula is C16H23ClN2O. The molecule has 0 saturated heterocycles. The third-order valence-electron chi connectivity index (χ3n) is 4.35. The topological polar surface area (TPSA) is 35.5 Å². The Hall–Kier alpha value is -0.770. The molecule has 0 atom stereocenters. The van der Waals surface area contributed by atoms with Gasteiger partial charge < -0.3 is 15.3 Å². The third kappa shape index (κ3) is 3.27. The molecule has 1 aromatic carbocycles. The Morgan fingerprint density at radius 3 is 2.75 bits per heavy atom. The summed E-state index contributed by atoms with van der Waals surface area (Å²) in [5.41, 5.74) is 2.41. The Labute approximate surface area is 125 Å². The van der Waals surface area contributed by atoms with Crippen LogP contribution in [0.2, 0.25) is 5.02 Å². The smallest absolute Gasteiger partial charge is 0.0642 e. The van der Waals surface area contributed by atoms with E-state index >= 15 is 0 Å². The number of aliphatic hydroxyl groups is 1. The summed E-state index contributed by atoms with van der Waals surface area (Å²) in [5.74, 6) is 0.593. The van der Waals surface area contributed by atoms with E-state index in [1.807, 2.05) is 12.1 Å². The standard InChI is InChI=1S/C16H23ClN2O/c1-19(10-11-7-14(20)8-11)16-12(3-2-4-15(16)17)9-18-13-5-6-13/h2-4,11,13-14,18,20H,5-10H2,1H3. The fourth-order valence-electron chi connectivity index (χ4n) is 3.00. The van der Waals surface area contributed by atoms with Crippen molar-refractivity contribution in [2.75, 3.05) is 18.5 Å². The molecule has 2 fully saturated rings. The quantitative estimate of drug-likeness (QED) is 0.847. The van der Waals surface area contributed by atoms with Gasteiger partial charge in [0.2, 0.25) is 0 Å². The molecule has 2 saturated carbocycles. The molecule has 3 nitrogen and oxygen atoms in total. The van der Waals surface area contributed by atoms with E-state index in [9.17, 15) is 5.11 Å². The van der Waals surface area contributed by atoms with E-state index in [0.717, 1.165) is 36.6 Å². The molecule has 1 aromatic rings. The lowest BCUT2D eigenvalue weighted by molar-refractivity contribution is 0.0464. The van der Waals surface area contributed by atoms with Crippen LogP contribution in [0.3, 0.4) is 0 Å². The molecule has 3 rings (SSSR count). The Morgan fingerprint density at radius 1 is 1.35 bits per heavy atom. The summed E-state index contributed by atoms with van der Waals surface area (Å²) < 4.78 is 0. The van der Waals surface area contributed by atoms with Gasteiger partial charge in [-0.05, 0) is 43.2 Å². The molecule has 0 bridgehead atoms. The molecule has 2 aliphatic carbocycles. The van der Waals surface area contributed by atoms with Crippen molar-refractivity contribution in [3.63, 3.8) is 0 Å². The van der Waals surface area contributed by atoms with E-state index in [1.165, 1.54) is 18.4 Å². The normalized spacial score (nSPS) is 25.4. The van der Waals surface area contributed by atoms with E-state index in [-0.39, 0.29) is 6.10 Å². The second kappa shape index (κ2) is 5.92. The van der Waals surface area contributed by atoms with Crippen molar-refractivity contribution in [3.8, 4) is 0 Å². The minimum atomic E-state index is -0.0874. The number of hydrogen-bond acceptors (Lipinski definition) is 3.